The zero-order valence-corrected chi connectivity index (χ0v) is 19.9. The number of carbonyl (C=O) groups excluding carboxylic acids is 1. The molecule has 0 saturated carbocycles. The van der Waals surface area contributed by atoms with Gasteiger partial charge in [0.1, 0.15) is 12.4 Å². The van der Waals surface area contributed by atoms with Crippen molar-refractivity contribution in [3.05, 3.63) is 29.3 Å². The summed E-state index contributed by atoms with van der Waals surface area (Å²) in [6.07, 6.45) is 11.6. The van der Waals surface area contributed by atoms with E-state index in [1.165, 1.54) is 44.9 Å². The van der Waals surface area contributed by atoms with Gasteiger partial charge in [-0.15, -0.1) is 12.4 Å². The smallest absolute Gasteiger partial charge is 0.164 e. The highest BCUT2D eigenvalue weighted by Crippen LogP contribution is 2.22. The largest absolute Gasteiger partial charge is 0.491 e. The number of Topliss-reactive ketones (excluding diaryl/α,β-unsaturated/α-hetero) is 1. The Balaban J connectivity index is 0.00000450. The number of ether oxygens (including phenoxy) is 2. The molecular formula is C25H42ClNO3. The predicted molar refractivity (Wildman–Crippen MR) is 127 cm³/mol. The van der Waals surface area contributed by atoms with Crippen LogP contribution in [0.2, 0.25) is 0 Å². The number of benzene rings is 1. The van der Waals surface area contributed by atoms with Gasteiger partial charge in [-0.3, -0.25) is 4.79 Å². The van der Waals surface area contributed by atoms with Gasteiger partial charge >= 0.3 is 0 Å². The Hall–Kier alpha value is -1.10. The molecule has 0 radical (unpaired) electrons. The summed E-state index contributed by atoms with van der Waals surface area (Å²) in [5.74, 6) is 1.12. The molecule has 1 heterocycles. The Morgan fingerprint density at radius 2 is 1.73 bits per heavy atom. The van der Waals surface area contributed by atoms with E-state index in [9.17, 15) is 4.79 Å². The molecule has 1 saturated heterocycles. The molecule has 1 aliphatic heterocycles. The number of ketones is 1. The molecule has 30 heavy (non-hydrogen) atoms. The van der Waals surface area contributed by atoms with Gasteiger partial charge in [-0.05, 0) is 62.5 Å². The predicted octanol–water partition coefficient (Wildman–Crippen LogP) is 6.10. The SMILES string of the molecule is CCCCCCOCCOc1ccc(C(=O)CCN2CCCCCC2)cc1CC.Cl. The maximum Gasteiger partial charge on any atom is 0.164 e. The van der Waals surface area contributed by atoms with E-state index in [0.29, 0.717) is 19.6 Å². The lowest BCUT2D eigenvalue weighted by Crippen LogP contribution is -2.27. The molecule has 1 aromatic rings. The van der Waals surface area contributed by atoms with Crippen LogP contribution in [0.3, 0.4) is 0 Å². The maximum atomic E-state index is 12.7. The Labute approximate surface area is 190 Å². The zero-order valence-electron chi connectivity index (χ0n) is 19.1. The van der Waals surface area contributed by atoms with Crippen LogP contribution in [0.25, 0.3) is 0 Å². The first-order chi connectivity index (χ1) is 14.2. The molecular weight excluding hydrogens is 398 g/mol. The molecule has 0 bridgehead atoms. The highest BCUT2D eigenvalue weighted by Gasteiger charge is 2.14. The number of rotatable bonds is 14. The van der Waals surface area contributed by atoms with Crippen molar-refractivity contribution in [2.24, 2.45) is 0 Å². The second kappa shape index (κ2) is 16.6. The molecule has 2 rings (SSSR count). The molecule has 0 aliphatic carbocycles. The highest BCUT2D eigenvalue weighted by molar-refractivity contribution is 5.96. The van der Waals surface area contributed by atoms with Gasteiger partial charge in [0, 0.05) is 25.1 Å². The molecule has 172 valence electrons. The van der Waals surface area contributed by atoms with Crippen molar-refractivity contribution in [3.8, 4) is 5.75 Å². The van der Waals surface area contributed by atoms with Gasteiger partial charge in [0.2, 0.25) is 0 Å². The van der Waals surface area contributed by atoms with Gasteiger partial charge in [-0.1, -0.05) is 46.0 Å². The molecule has 0 spiro atoms. The maximum absolute atomic E-state index is 12.7. The van der Waals surface area contributed by atoms with Crippen LogP contribution < -0.4 is 4.74 Å². The quantitative estimate of drug-likeness (QED) is 0.259. The summed E-state index contributed by atoms with van der Waals surface area (Å²) in [5, 5.41) is 0. The van der Waals surface area contributed by atoms with E-state index in [1.54, 1.807) is 0 Å². The Morgan fingerprint density at radius 3 is 2.43 bits per heavy atom. The van der Waals surface area contributed by atoms with E-state index in [1.807, 2.05) is 18.2 Å². The zero-order chi connectivity index (χ0) is 20.7. The molecule has 4 nitrogen and oxygen atoms in total. The van der Waals surface area contributed by atoms with Gasteiger partial charge < -0.3 is 14.4 Å². The van der Waals surface area contributed by atoms with E-state index in [0.717, 1.165) is 56.0 Å². The van der Waals surface area contributed by atoms with Crippen molar-refractivity contribution in [1.82, 2.24) is 4.90 Å². The monoisotopic (exact) mass is 439 g/mol. The van der Waals surface area contributed by atoms with Gasteiger partial charge in [-0.25, -0.2) is 0 Å². The lowest BCUT2D eigenvalue weighted by atomic mass is 10.0. The molecule has 0 aromatic heterocycles. The fourth-order valence-corrected chi connectivity index (χ4v) is 3.88. The molecule has 0 N–H and O–H groups in total. The first kappa shape index (κ1) is 26.9. The molecule has 1 fully saturated rings. The fourth-order valence-electron chi connectivity index (χ4n) is 3.88. The first-order valence-corrected chi connectivity index (χ1v) is 11.8. The van der Waals surface area contributed by atoms with Crippen molar-refractivity contribution in [2.75, 3.05) is 39.5 Å². The van der Waals surface area contributed by atoms with E-state index in [4.69, 9.17) is 9.47 Å². The minimum atomic E-state index is 0. The number of nitrogens with zero attached hydrogens (tertiary/aromatic N) is 1. The van der Waals surface area contributed by atoms with Crippen LogP contribution in [0.15, 0.2) is 18.2 Å². The van der Waals surface area contributed by atoms with Crippen molar-refractivity contribution < 1.29 is 14.3 Å². The number of aryl methyl sites for hydroxylation is 1. The third-order valence-electron chi connectivity index (χ3n) is 5.74. The van der Waals surface area contributed by atoms with Crippen molar-refractivity contribution in [3.63, 3.8) is 0 Å². The second-order valence-corrected chi connectivity index (χ2v) is 8.13. The van der Waals surface area contributed by atoms with Crippen molar-refractivity contribution in [2.45, 2.75) is 78.1 Å². The average Bonchev–Trinajstić information content (AvgIpc) is 3.03. The minimum absolute atomic E-state index is 0. The van der Waals surface area contributed by atoms with Crippen LogP contribution in [0, 0.1) is 0 Å². The van der Waals surface area contributed by atoms with E-state index in [2.05, 4.69) is 18.7 Å². The summed E-state index contributed by atoms with van der Waals surface area (Å²) in [7, 11) is 0. The van der Waals surface area contributed by atoms with Crippen LogP contribution in [0.4, 0.5) is 0 Å². The average molecular weight is 440 g/mol. The van der Waals surface area contributed by atoms with E-state index in [-0.39, 0.29) is 18.2 Å². The number of unbranched alkanes of at least 4 members (excludes halogenated alkanes) is 3. The number of likely N-dealkylation sites (tertiary alicyclic amines) is 1. The molecule has 1 aromatic carbocycles. The summed E-state index contributed by atoms with van der Waals surface area (Å²) in [6, 6.07) is 5.90. The number of hydrogen-bond donors (Lipinski definition) is 0. The van der Waals surface area contributed by atoms with Crippen molar-refractivity contribution in [1.29, 1.82) is 0 Å². The van der Waals surface area contributed by atoms with Crippen LogP contribution in [0.1, 0.15) is 87.6 Å². The Bertz CT molecular complexity index is 586. The molecule has 5 heteroatoms. The number of hydrogen-bond acceptors (Lipinski definition) is 4. The van der Waals surface area contributed by atoms with E-state index >= 15 is 0 Å². The first-order valence-electron chi connectivity index (χ1n) is 11.8. The molecule has 0 amide bonds. The van der Waals surface area contributed by atoms with Crippen LogP contribution >= 0.6 is 12.4 Å². The van der Waals surface area contributed by atoms with Gasteiger partial charge in [-0.2, -0.15) is 0 Å². The summed E-state index contributed by atoms with van der Waals surface area (Å²) in [4.78, 5) is 15.1. The topological polar surface area (TPSA) is 38.8 Å². The summed E-state index contributed by atoms with van der Waals surface area (Å²) in [5.41, 5.74) is 1.92. The van der Waals surface area contributed by atoms with E-state index < -0.39 is 0 Å². The lowest BCUT2D eigenvalue weighted by Gasteiger charge is -2.19. The Morgan fingerprint density at radius 1 is 0.967 bits per heavy atom. The van der Waals surface area contributed by atoms with Crippen LogP contribution in [0.5, 0.6) is 5.75 Å². The number of halogens is 1. The van der Waals surface area contributed by atoms with Crippen molar-refractivity contribution >= 4 is 18.2 Å². The number of carbonyl (C=O) groups is 1. The Kier molecular flexibility index (Phi) is 14.9. The van der Waals surface area contributed by atoms with Gasteiger partial charge in [0.05, 0.1) is 6.61 Å². The third kappa shape index (κ3) is 10.3. The summed E-state index contributed by atoms with van der Waals surface area (Å²) >= 11 is 0. The second-order valence-electron chi connectivity index (χ2n) is 8.13. The molecule has 0 unspecified atom stereocenters. The van der Waals surface area contributed by atoms with Crippen LogP contribution in [-0.4, -0.2) is 50.1 Å². The summed E-state index contributed by atoms with van der Waals surface area (Å²) < 4.78 is 11.6. The van der Waals surface area contributed by atoms with Gasteiger partial charge in [0.25, 0.3) is 0 Å². The highest BCUT2D eigenvalue weighted by atomic mass is 35.5. The normalized spacial score (nSPS) is 14.7. The molecule has 0 atom stereocenters. The lowest BCUT2D eigenvalue weighted by molar-refractivity contribution is 0.0958. The standard InChI is InChI=1S/C25H41NO3.ClH/c1-3-5-6-11-18-28-19-20-29-25-13-12-23(21-22(25)4-2)24(27)14-17-26-15-9-7-8-10-16-26;/h12-13,21H,3-11,14-20H2,1-2H3;1H. The summed E-state index contributed by atoms with van der Waals surface area (Å²) in [6.45, 7) is 9.48. The molecule has 1 aliphatic rings. The fraction of sp³-hybridized carbons (Fsp3) is 0.720. The third-order valence-corrected chi connectivity index (χ3v) is 5.74. The van der Waals surface area contributed by atoms with Crippen LogP contribution in [-0.2, 0) is 11.2 Å². The van der Waals surface area contributed by atoms with Gasteiger partial charge in [0.15, 0.2) is 5.78 Å². The minimum Gasteiger partial charge on any atom is -0.491 e.